The van der Waals surface area contributed by atoms with Crippen molar-refractivity contribution in [3.05, 3.63) is 129 Å². The van der Waals surface area contributed by atoms with Gasteiger partial charge >= 0.3 is 0 Å². The molecule has 0 radical (unpaired) electrons. The number of aromatic nitrogens is 1. The Bertz CT molecular complexity index is 1450. The van der Waals surface area contributed by atoms with Crippen LogP contribution in [0.4, 0.5) is 0 Å². The first-order valence-electron chi connectivity index (χ1n) is 12.5. The third-order valence-corrected chi connectivity index (χ3v) is 9.08. The molecule has 0 N–H and O–H groups in total. The molecule has 3 aromatic carbocycles. The SMILES string of the molecule is O=C1CC(Sc2ccc(Cl)cc2)(C(=O)CCc2ccccn2)C(c2ccc(Cl)cc2)N1Cc1ccc(Cl)cc1. The first-order chi connectivity index (χ1) is 18.8. The van der Waals surface area contributed by atoms with Gasteiger partial charge in [0, 0.05) is 44.8 Å². The minimum Gasteiger partial charge on any atom is -0.329 e. The molecule has 2 unspecified atom stereocenters. The smallest absolute Gasteiger partial charge is 0.225 e. The van der Waals surface area contributed by atoms with E-state index in [0.717, 1.165) is 21.7 Å². The molecule has 1 aliphatic heterocycles. The number of carbonyl (C=O) groups is 2. The predicted octanol–water partition coefficient (Wildman–Crippen LogP) is 8.25. The molecule has 0 bridgehead atoms. The lowest BCUT2D eigenvalue weighted by molar-refractivity contribution is -0.129. The standard InChI is InChI=1S/C31H25Cl3N2O2S/c32-23-8-4-21(5-9-23)20-36-29(38)19-31(39-27-15-12-25(34)13-16-27,30(36)22-6-10-24(33)11-7-22)28(37)17-14-26-3-1-2-18-35-26/h1-13,15-16,18,30H,14,17,19-20H2. The highest BCUT2D eigenvalue weighted by atomic mass is 35.5. The summed E-state index contributed by atoms with van der Waals surface area (Å²) in [5.74, 6) is -0.0856. The van der Waals surface area contributed by atoms with E-state index < -0.39 is 10.8 Å². The van der Waals surface area contributed by atoms with E-state index in [2.05, 4.69) is 4.98 Å². The molecule has 1 aliphatic rings. The fourth-order valence-corrected chi connectivity index (χ4v) is 6.85. The molecule has 4 aromatic rings. The highest BCUT2D eigenvalue weighted by Gasteiger charge is 2.57. The Morgan fingerprint density at radius 2 is 1.49 bits per heavy atom. The third-order valence-electron chi connectivity index (χ3n) is 6.86. The number of ketones is 1. The van der Waals surface area contributed by atoms with Crippen molar-refractivity contribution >= 4 is 58.3 Å². The molecular weight excluding hydrogens is 571 g/mol. The van der Waals surface area contributed by atoms with E-state index >= 15 is 0 Å². The van der Waals surface area contributed by atoms with Gasteiger partial charge in [-0.2, -0.15) is 0 Å². The van der Waals surface area contributed by atoms with E-state index in [4.69, 9.17) is 34.8 Å². The summed E-state index contributed by atoms with van der Waals surface area (Å²) < 4.78 is -1.07. The lowest BCUT2D eigenvalue weighted by atomic mass is 9.86. The highest BCUT2D eigenvalue weighted by Crippen LogP contribution is 2.54. The fourth-order valence-electron chi connectivity index (χ4n) is 4.99. The summed E-state index contributed by atoms with van der Waals surface area (Å²) in [6.45, 7) is 0.347. The van der Waals surface area contributed by atoms with Crippen LogP contribution in [0.3, 0.4) is 0 Å². The first kappa shape index (κ1) is 27.7. The summed E-state index contributed by atoms with van der Waals surface area (Å²) in [6, 6.07) is 27.4. The number of pyridine rings is 1. The Labute approximate surface area is 247 Å². The van der Waals surface area contributed by atoms with E-state index in [9.17, 15) is 9.59 Å². The molecule has 1 amide bonds. The Kier molecular flexibility index (Phi) is 8.63. The molecule has 0 aliphatic carbocycles. The second kappa shape index (κ2) is 12.1. The molecule has 39 heavy (non-hydrogen) atoms. The average Bonchev–Trinajstić information content (AvgIpc) is 3.22. The van der Waals surface area contributed by atoms with E-state index in [1.165, 1.54) is 11.8 Å². The summed E-state index contributed by atoms with van der Waals surface area (Å²) >= 11 is 19.9. The quantitative estimate of drug-likeness (QED) is 0.195. The van der Waals surface area contributed by atoms with Crippen LogP contribution in [0.25, 0.3) is 0 Å². The number of benzene rings is 3. The first-order valence-corrected chi connectivity index (χ1v) is 14.5. The van der Waals surface area contributed by atoms with Crippen molar-refractivity contribution in [2.75, 3.05) is 0 Å². The minimum atomic E-state index is -1.07. The zero-order chi connectivity index (χ0) is 27.4. The number of rotatable bonds is 9. The molecule has 1 fully saturated rings. The van der Waals surface area contributed by atoms with Gasteiger partial charge in [-0.15, -0.1) is 11.8 Å². The molecule has 5 rings (SSSR count). The van der Waals surface area contributed by atoms with E-state index in [1.807, 2.05) is 71.6 Å². The van der Waals surface area contributed by atoms with Gasteiger partial charge < -0.3 is 4.90 Å². The van der Waals surface area contributed by atoms with Gasteiger partial charge in [-0.3, -0.25) is 14.6 Å². The van der Waals surface area contributed by atoms with Crippen molar-refractivity contribution in [3.8, 4) is 0 Å². The number of thioether (sulfide) groups is 1. The lowest BCUT2D eigenvalue weighted by Crippen LogP contribution is -2.42. The predicted molar refractivity (Wildman–Crippen MR) is 158 cm³/mol. The topological polar surface area (TPSA) is 50.3 Å². The molecule has 8 heteroatoms. The van der Waals surface area contributed by atoms with Crippen LogP contribution in [0.1, 0.15) is 35.7 Å². The molecule has 1 aromatic heterocycles. The van der Waals surface area contributed by atoms with Crippen LogP contribution in [0.2, 0.25) is 15.1 Å². The van der Waals surface area contributed by atoms with Crippen molar-refractivity contribution in [2.45, 2.75) is 41.5 Å². The Morgan fingerprint density at radius 3 is 2.10 bits per heavy atom. The second-order valence-electron chi connectivity index (χ2n) is 9.47. The van der Waals surface area contributed by atoms with Crippen molar-refractivity contribution in [1.29, 1.82) is 0 Å². The fraction of sp³-hybridized carbons (Fsp3) is 0.194. The zero-order valence-corrected chi connectivity index (χ0v) is 24.0. The van der Waals surface area contributed by atoms with Crippen LogP contribution in [0.5, 0.6) is 0 Å². The van der Waals surface area contributed by atoms with Gasteiger partial charge in [-0.05, 0) is 78.2 Å². The van der Waals surface area contributed by atoms with Crippen LogP contribution in [0.15, 0.2) is 102 Å². The largest absolute Gasteiger partial charge is 0.329 e. The Balaban J connectivity index is 1.58. The maximum Gasteiger partial charge on any atom is 0.225 e. The molecule has 1 saturated heterocycles. The van der Waals surface area contributed by atoms with Crippen molar-refractivity contribution in [1.82, 2.24) is 9.88 Å². The van der Waals surface area contributed by atoms with Gasteiger partial charge in [-0.1, -0.05) is 65.1 Å². The molecule has 198 valence electrons. The summed E-state index contributed by atoms with van der Waals surface area (Å²) in [5, 5.41) is 1.82. The second-order valence-corrected chi connectivity index (χ2v) is 12.2. The number of halogens is 3. The number of hydrogen-bond donors (Lipinski definition) is 0. The maximum absolute atomic E-state index is 14.4. The van der Waals surface area contributed by atoms with Gasteiger partial charge in [0.25, 0.3) is 0 Å². The van der Waals surface area contributed by atoms with Gasteiger partial charge in [0.15, 0.2) is 5.78 Å². The number of amides is 1. The summed E-state index contributed by atoms with van der Waals surface area (Å²) in [6.07, 6.45) is 2.54. The molecule has 2 atom stereocenters. The van der Waals surface area contributed by atoms with Gasteiger partial charge in [0.1, 0.15) is 4.75 Å². The number of aryl methyl sites for hydroxylation is 1. The number of Topliss-reactive ketones (excluding diaryl/α,β-unsaturated/α-hetero) is 1. The summed E-state index contributed by atoms with van der Waals surface area (Å²) in [4.78, 5) is 35.2. The number of likely N-dealkylation sites (tertiary alicyclic amines) is 1. The number of nitrogens with zero attached hydrogens (tertiary/aromatic N) is 2. The molecule has 0 saturated carbocycles. The summed E-state index contributed by atoms with van der Waals surface area (Å²) in [5.41, 5.74) is 2.62. The molecular formula is C31H25Cl3N2O2S. The van der Waals surface area contributed by atoms with Gasteiger partial charge in [-0.25, -0.2) is 0 Å². The zero-order valence-electron chi connectivity index (χ0n) is 20.9. The van der Waals surface area contributed by atoms with Crippen molar-refractivity contribution in [2.24, 2.45) is 0 Å². The van der Waals surface area contributed by atoms with E-state index in [0.29, 0.717) is 28.0 Å². The maximum atomic E-state index is 14.4. The van der Waals surface area contributed by atoms with Crippen LogP contribution in [0, 0.1) is 0 Å². The normalized spacial score (nSPS) is 18.9. The third kappa shape index (κ3) is 6.33. The van der Waals surface area contributed by atoms with E-state index in [1.54, 1.807) is 30.5 Å². The van der Waals surface area contributed by atoms with Crippen molar-refractivity contribution in [3.63, 3.8) is 0 Å². The van der Waals surface area contributed by atoms with Crippen LogP contribution < -0.4 is 0 Å². The van der Waals surface area contributed by atoms with Crippen LogP contribution in [-0.4, -0.2) is 26.3 Å². The number of hydrogen-bond acceptors (Lipinski definition) is 4. The molecule has 2 heterocycles. The lowest BCUT2D eigenvalue weighted by Gasteiger charge is -2.37. The van der Waals surface area contributed by atoms with Crippen LogP contribution in [-0.2, 0) is 22.6 Å². The highest BCUT2D eigenvalue weighted by molar-refractivity contribution is 8.01. The number of carbonyl (C=O) groups excluding carboxylic acids is 2. The van der Waals surface area contributed by atoms with Gasteiger partial charge in [0.05, 0.1) is 12.5 Å². The molecule has 4 nitrogen and oxygen atoms in total. The Hall–Kier alpha value is -2.83. The minimum absolute atomic E-state index is 0.00000850. The molecule has 0 spiro atoms. The van der Waals surface area contributed by atoms with Crippen LogP contribution >= 0.6 is 46.6 Å². The van der Waals surface area contributed by atoms with Crippen molar-refractivity contribution < 1.29 is 9.59 Å². The monoisotopic (exact) mass is 594 g/mol. The van der Waals surface area contributed by atoms with E-state index in [-0.39, 0.29) is 24.5 Å². The summed E-state index contributed by atoms with van der Waals surface area (Å²) in [7, 11) is 0. The van der Waals surface area contributed by atoms with Gasteiger partial charge in [0.2, 0.25) is 5.91 Å². The Morgan fingerprint density at radius 1 is 0.872 bits per heavy atom. The average molecular weight is 596 g/mol.